The molecule has 0 saturated heterocycles. The number of hydrogen-bond acceptors (Lipinski definition) is 3. The van der Waals surface area contributed by atoms with Gasteiger partial charge in [-0.05, 0) is 30.4 Å². The highest BCUT2D eigenvalue weighted by Gasteiger charge is 2.21. The molecule has 1 amide bonds. The first-order valence-electron chi connectivity index (χ1n) is 6.22. The number of aromatic hydroxyl groups is 2. The van der Waals surface area contributed by atoms with Crippen molar-refractivity contribution < 1.29 is 15.0 Å². The van der Waals surface area contributed by atoms with Gasteiger partial charge in [0.15, 0.2) is 0 Å². The standard InChI is InChI=1S/C14H20BrNO3/c1-14(2,7-4-8-15)9-16-13(19)12-10(17)5-3-6-11(12)18/h3,5-6,17-18H,4,7-9H2,1-2H3,(H,16,19). The van der Waals surface area contributed by atoms with Crippen molar-refractivity contribution in [1.29, 1.82) is 0 Å². The van der Waals surface area contributed by atoms with Crippen LogP contribution in [0.3, 0.4) is 0 Å². The van der Waals surface area contributed by atoms with E-state index in [1.54, 1.807) is 0 Å². The summed E-state index contributed by atoms with van der Waals surface area (Å²) in [6.07, 6.45) is 2.01. The van der Waals surface area contributed by atoms with Crippen molar-refractivity contribution in [1.82, 2.24) is 5.32 Å². The molecule has 4 nitrogen and oxygen atoms in total. The molecule has 0 radical (unpaired) electrons. The Bertz CT molecular complexity index is 426. The Morgan fingerprint density at radius 1 is 1.32 bits per heavy atom. The van der Waals surface area contributed by atoms with Gasteiger partial charge in [-0.3, -0.25) is 4.79 Å². The number of halogens is 1. The molecule has 0 saturated carbocycles. The van der Waals surface area contributed by atoms with Crippen LogP contribution in [0.15, 0.2) is 18.2 Å². The number of phenolic OH excluding ortho intramolecular Hbond substituents is 2. The lowest BCUT2D eigenvalue weighted by Crippen LogP contribution is -2.34. The van der Waals surface area contributed by atoms with Gasteiger partial charge in [0.25, 0.3) is 5.91 Å². The molecule has 106 valence electrons. The highest BCUT2D eigenvalue weighted by molar-refractivity contribution is 9.09. The van der Waals surface area contributed by atoms with Gasteiger partial charge in [0, 0.05) is 11.9 Å². The molecule has 5 heteroatoms. The van der Waals surface area contributed by atoms with E-state index >= 15 is 0 Å². The molecule has 0 heterocycles. The molecular formula is C14H20BrNO3. The Balaban J connectivity index is 2.66. The second-order valence-electron chi connectivity index (χ2n) is 5.31. The Morgan fingerprint density at radius 3 is 2.42 bits per heavy atom. The minimum Gasteiger partial charge on any atom is -0.507 e. The van der Waals surface area contributed by atoms with Crippen LogP contribution in [-0.2, 0) is 0 Å². The maximum absolute atomic E-state index is 12.0. The van der Waals surface area contributed by atoms with E-state index in [0.717, 1.165) is 18.2 Å². The summed E-state index contributed by atoms with van der Waals surface area (Å²) in [5.74, 6) is -0.881. The molecule has 1 rings (SSSR count). The van der Waals surface area contributed by atoms with Crippen LogP contribution in [0.2, 0.25) is 0 Å². The number of carbonyl (C=O) groups excluding carboxylic acids is 1. The zero-order chi connectivity index (χ0) is 14.5. The summed E-state index contributed by atoms with van der Waals surface area (Å²) >= 11 is 3.38. The molecular weight excluding hydrogens is 310 g/mol. The van der Waals surface area contributed by atoms with Crippen LogP contribution in [-0.4, -0.2) is 28.0 Å². The molecule has 3 N–H and O–H groups in total. The van der Waals surface area contributed by atoms with Gasteiger partial charge >= 0.3 is 0 Å². The number of nitrogens with one attached hydrogen (secondary N) is 1. The third kappa shape index (κ3) is 4.74. The van der Waals surface area contributed by atoms with Gasteiger partial charge in [0.1, 0.15) is 17.1 Å². The van der Waals surface area contributed by atoms with Crippen LogP contribution >= 0.6 is 15.9 Å². The van der Waals surface area contributed by atoms with Crippen LogP contribution < -0.4 is 5.32 Å². The maximum atomic E-state index is 12.0. The molecule has 0 aliphatic heterocycles. The second-order valence-corrected chi connectivity index (χ2v) is 6.10. The van der Waals surface area contributed by atoms with Crippen LogP contribution in [0, 0.1) is 5.41 Å². The number of carbonyl (C=O) groups is 1. The van der Waals surface area contributed by atoms with E-state index in [1.807, 2.05) is 0 Å². The van der Waals surface area contributed by atoms with E-state index in [4.69, 9.17) is 0 Å². The number of alkyl halides is 1. The van der Waals surface area contributed by atoms with Gasteiger partial charge in [-0.25, -0.2) is 0 Å². The van der Waals surface area contributed by atoms with E-state index in [-0.39, 0.29) is 22.5 Å². The molecule has 19 heavy (non-hydrogen) atoms. The zero-order valence-electron chi connectivity index (χ0n) is 11.2. The SMILES string of the molecule is CC(C)(CCCBr)CNC(=O)c1c(O)cccc1O. The van der Waals surface area contributed by atoms with Gasteiger partial charge in [-0.1, -0.05) is 35.8 Å². The highest BCUT2D eigenvalue weighted by atomic mass is 79.9. The summed E-state index contributed by atoms with van der Waals surface area (Å²) in [5, 5.41) is 22.9. The first kappa shape index (κ1) is 15.8. The van der Waals surface area contributed by atoms with Crippen molar-refractivity contribution >= 4 is 21.8 Å². The summed E-state index contributed by atoms with van der Waals surface area (Å²) in [6, 6.07) is 4.25. The van der Waals surface area contributed by atoms with Crippen molar-refractivity contribution in [3.8, 4) is 11.5 Å². The molecule has 1 aromatic carbocycles. The molecule has 0 unspecified atom stereocenters. The Kier molecular flexibility index (Phi) is 5.66. The van der Waals surface area contributed by atoms with Gasteiger partial charge in [0.05, 0.1) is 0 Å². The molecule has 0 bridgehead atoms. The maximum Gasteiger partial charge on any atom is 0.258 e. The van der Waals surface area contributed by atoms with E-state index < -0.39 is 5.91 Å². The predicted molar refractivity (Wildman–Crippen MR) is 78.9 cm³/mol. The molecule has 0 spiro atoms. The summed E-state index contributed by atoms with van der Waals surface area (Å²) in [7, 11) is 0. The van der Waals surface area contributed by atoms with Crippen molar-refractivity contribution in [2.45, 2.75) is 26.7 Å². The lowest BCUT2D eigenvalue weighted by atomic mass is 9.88. The van der Waals surface area contributed by atoms with Gasteiger partial charge < -0.3 is 15.5 Å². The van der Waals surface area contributed by atoms with Crippen molar-refractivity contribution in [2.24, 2.45) is 5.41 Å². The molecule has 1 aromatic rings. The first-order chi connectivity index (χ1) is 8.87. The third-order valence-electron chi connectivity index (χ3n) is 2.96. The largest absolute Gasteiger partial charge is 0.507 e. The number of rotatable bonds is 6. The number of benzene rings is 1. The number of amides is 1. The minimum atomic E-state index is -0.456. The predicted octanol–water partition coefficient (Wildman–Crippen LogP) is 3.03. The Morgan fingerprint density at radius 2 is 1.89 bits per heavy atom. The Labute approximate surface area is 122 Å². The fourth-order valence-electron chi connectivity index (χ4n) is 1.80. The number of phenols is 2. The molecule has 0 aliphatic carbocycles. The fraction of sp³-hybridized carbons (Fsp3) is 0.500. The quantitative estimate of drug-likeness (QED) is 0.702. The number of hydrogen-bond donors (Lipinski definition) is 3. The van der Waals surface area contributed by atoms with E-state index in [2.05, 4.69) is 35.1 Å². The lowest BCUT2D eigenvalue weighted by Gasteiger charge is -2.24. The van der Waals surface area contributed by atoms with E-state index in [9.17, 15) is 15.0 Å². The van der Waals surface area contributed by atoms with Crippen LogP contribution in [0.4, 0.5) is 0 Å². The van der Waals surface area contributed by atoms with Crippen molar-refractivity contribution in [2.75, 3.05) is 11.9 Å². The summed E-state index contributed by atoms with van der Waals surface area (Å²) < 4.78 is 0. The molecule has 0 fully saturated rings. The zero-order valence-corrected chi connectivity index (χ0v) is 12.8. The first-order valence-corrected chi connectivity index (χ1v) is 7.34. The van der Waals surface area contributed by atoms with Crippen molar-refractivity contribution in [3.05, 3.63) is 23.8 Å². The molecule has 0 aromatic heterocycles. The topological polar surface area (TPSA) is 69.6 Å². The second kappa shape index (κ2) is 6.80. The summed E-state index contributed by atoms with van der Waals surface area (Å²) in [5.41, 5.74) is -0.0949. The monoisotopic (exact) mass is 329 g/mol. The van der Waals surface area contributed by atoms with Crippen molar-refractivity contribution in [3.63, 3.8) is 0 Å². The van der Waals surface area contributed by atoms with E-state index in [0.29, 0.717) is 6.54 Å². The van der Waals surface area contributed by atoms with Gasteiger partial charge in [0.2, 0.25) is 0 Å². The Hall–Kier alpha value is -1.23. The molecule has 0 aliphatic rings. The summed E-state index contributed by atoms with van der Waals surface area (Å²) in [4.78, 5) is 12.0. The lowest BCUT2D eigenvalue weighted by molar-refractivity contribution is 0.0929. The van der Waals surface area contributed by atoms with Gasteiger partial charge in [-0.2, -0.15) is 0 Å². The van der Waals surface area contributed by atoms with Gasteiger partial charge in [-0.15, -0.1) is 0 Å². The third-order valence-corrected chi connectivity index (χ3v) is 3.52. The highest BCUT2D eigenvalue weighted by Crippen LogP contribution is 2.27. The fourth-order valence-corrected chi connectivity index (χ4v) is 2.08. The summed E-state index contributed by atoms with van der Waals surface area (Å²) in [6.45, 7) is 4.63. The van der Waals surface area contributed by atoms with Crippen LogP contribution in [0.5, 0.6) is 11.5 Å². The minimum absolute atomic E-state index is 0.0244. The van der Waals surface area contributed by atoms with Crippen LogP contribution in [0.25, 0.3) is 0 Å². The normalized spacial score (nSPS) is 11.3. The average molecular weight is 330 g/mol. The van der Waals surface area contributed by atoms with E-state index in [1.165, 1.54) is 18.2 Å². The average Bonchev–Trinajstić information content (AvgIpc) is 2.34. The van der Waals surface area contributed by atoms with Crippen LogP contribution in [0.1, 0.15) is 37.0 Å². The smallest absolute Gasteiger partial charge is 0.258 e. The molecule has 0 atom stereocenters.